The van der Waals surface area contributed by atoms with Crippen LogP contribution >= 0.6 is 11.6 Å². The Hall–Kier alpha value is -2.79. The Bertz CT molecular complexity index is 1010. The summed E-state index contributed by atoms with van der Waals surface area (Å²) in [6.07, 6.45) is 3.18. The van der Waals surface area contributed by atoms with E-state index in [9.17, 15) is 9.59 Å². The third-order valence-corrected chi connectivity index (χ3v) is 6.02. The first-order valence-electron chi connectivity index (χ1n) is 10.4. The summed E-state index contributed by atoms with van der Waals surface area (Å²) in [5.74, 6) is 0.641. The molecule has 0 unspecified atom stereocenters. The van der Waals surface area contributed by atoms with Crippen molar-refractivity contribution in [3.8, 4) is 0 Å². The molecular formula is C24H25ClN2O3. The van der Waals surface area contributed by atoms with Gasteiger partial charge < -0.3 is 14.6 Å². The number of likely N-dealkylation sites (tertiary alicyclic amines) is 1. The predicted molar refractivity (Wildman–Crippen MR) is 117 cm³/mol. The van der Waals surface area contributed by atoms with E-state index in [1.165, 1.54) is 0 Å². The molecule has 4 rings (SSSR count). The van der Waals surface area contributed by atoms with Crippen LogP contribution in [-0.4, -0.2) is 29.8 Å². The van der Waals surface area contributed by atoms with Crippen molar-refractivity contribution < 1.29 is 14.0 Å². The van der Waals surface area contributed by atoms with Crippen LogP contribution in [0.4, 0.5) is 0 Å². The number of hydrogen-bond acceptors (Lipinski definition) is 3. The number of nitrogens with zero attached hydrogens (tertiary/aromatic N) is 1. The highest BCUT2D eigenvalue weighted by Crippen LogP contribution is 2.25. The van der Waals surface area contributed by atoms with Crippen LogP contribution < -0.4 is 5.32 Å². The number of carbonyl (C=O) groups excluding carboxylic acids is 2. The third-order valence-electron chi connectivity index (χ3n) is 5.66. The van der Waals surface area contributed by atoms with Gasteiger partial charge in [-0.1, -0.05) is 48.0 Å². The fourth-order valence-corrected chi connectivity index (χ4v) is 4.19. The second-order valence-corrected chi connectivity index (χ2v) is 8.22. The van der Waals surface area contributed by atoms with Gasteiger partial charge in [0, 0.05) is 36.5 Å². The summed E-state index contributed by atoms with van der Waals surface area (Å²) < 4.78 is 5.73. The lowest BCUT2D eigenvalue weighted by atomic mass is 9.93. The highest BCUT2D eigenvalue weighted by molar-refractivity contribution is 6.31. The molecule has 1 saturated heterocycles. The molecule has 0 spiro atoms. The summed E-state index contributed by atoms with van der Waals surface area (Å²) in [6, 6.07) is 16.9. The molecule has 1 atom stereocenters. The van der Waals surface area contributed by atoms with Crippen molar-refractivity contribution in [1.29, 1.82) is 0 Å². The lowest BCUT2D eigenvalue weighted by Gasteiger charge is -2.32. The van der Waals surface area contributed by atoms with Crippen LogP contribution in [0.5, 0.6) is 0 Å². The highest BCUT2D eigenvalue weighted by Gasteiger charge is 2.26. The molecule has 1 aliphatic rings. The van der Waals surface area contributed by atoms with Gasteiger partial charge in [0.1, 0.15) is 5.58 Å². The molecule has 1 N–H and O–H groups in total. The maximum Gasteiger partial charge on any atom is 0.289 e. The number of hydrogen-bond donors (Lipinski definition) is 1. The largest absolute Gasteiger partial charge is 0.451 e. The van der Waals surface area contributed by atoms with Crippen LogP contribution in [0.15, 0.2) is 59.0 Å². The second kappa shape index (κ2) is 9.35. The average Bonchev–Trinajstić information content (AvgIpc) is 3.21. The number of halogens is 1. The van der Waals surface area contributed by atoms with Crippen molar-refractivity contribution in [2.75, 3.05) is 13.1 Å². The summed E-state index contributed by atoms with van der Waals surface area (Å²) in [5.41, 5.74) is 1.64. The second-order valence-electron chi connectivity index (χ2n) is 7.81. The highest BCUT2D eigenvalue weighted by atomic mass is 35.5. The van der Waals surface area contributed by atoms with Crippen molar-refractivity contribution in [2.45, 2.75) is 32.2 Å². The molecule has 2 amide bonds. The summed E-state index contributed by atoms with van der Waals surface area (Å²) >= 11 is 6.13. The SMILES string of the molecule is O=C(CC[C@H]1CCCN(C(=O)c2cc3ccccc3o2)C1)NCc1ccccc1Cl. The maximum absolute atomic E-state index is 12.9. The van der Waals surface area contributed by atoms with Crippen molar-refractivity contribution in [2.24, 2.45) is 5.92 Å². The number of amides is 2. The smallest absolute Gasteiger partial charge is 0.289 e. The number of benzene rings is 2. The third kappa shape index (κ3) is 4.85. The topological polar surface area (TPSA) is 62.6 Å². The van der Waals surface area contributed by atoms with E-state index in [2.05, 4.69) is 5.32 Å². The monoisotopic (exact) mass is 424 g/mol. The van der Waals surface area contributed by atoms with Gasteiger partial charge in [0.2, 0.25) is 5.91 Å². The van der Waals surface area contributed by atoms with Crippen molar-refractivity contribution in [3.05, 3.63) is 70.9 Å². The van der Waals surface area contributed by atoms with Gasteiger partial charge in [0.05, 0.1) is 0 Å². The fourth-order valence-electron chi connectivity index (χ4n) is 3.99. The standard InChI is InChI=1S/C24H25ClN2O3/c25-20-9-3-1-8-19(20)15-26-23(28)12-11-17-6-5-13-27(16-17)24(29)22-14-18-7-2-4-10-21(18)30-22/h1-4,7-10,14,17H,5-6,11-13,15-16H2,(H,26,28)/t17-/m1/s1. The lowest BCUT2D eigenvalue weighted by molar-refractivity contribution is -0.121. The van der Waals surface area contributed by atoms with Crippen LogP contribution in [-0.2, 0) is 11.3 Å². The van der Waals surface area contributed by atoms with Gasteiger partial charge in [-0.3, -0.25) is 9.59 Å². The number of furan rings is 1. The number of rotatable bonds is 6. The van der Waals surface area contributed by atoms with Crippen LogP contribution in [0, 0.1) is 5.92 Å². The Morgan fingerprint density at radius 2 is 1.93 bits per heavy atom. The van der Waals surface area contributed by atoms with Crippen molar-refractivity contribution >= 4 is 34.4 Å². The summed E-state index contributed by atoms with van der Waals surface area (Å²) in [7, 11) is 0. The maximum atomic E-state index is 12.9. The average molecular weight is 425 g/mol. The molecule has 1 aliphatic heterocycles. The minimum absolute atomic E-state index is 0.00986. The molecule has 5 nitrogen and oxygen atoms in total. The molecule has 6 heteroatoms. The van der Waals surface area contributed by atoms with E-state index in [0.29, 0.717) is 36.2 Å². The Balaban J connectivity index is 1.28. The van der Waals surface area contributed by atoms with E-state index in [1.54, 1.807) is 0 Å². The molecule has 3 aromatic rings. The molecule has 30 heavy (non-hydrogen) atoms. The Labute approximate surface area is 181 Å². The Morgan fingerprint density at radius 3 is 2.77 bits per heavy atom. The predicted octanol–water partition coefficient (Wildman–Crippen LogP) is 5.04. The number of carbonyl (C=O) groups is 2. The zero-order valence-electron chi connectivity index (χ0n) is 16.8. The van der Waals surface area contributed by atoms with Crippen LogP contribution in [0.3, 0.4) is 0 Å². The first kappa shape index (κ1) is 20.5. The Kier molecular flexibility index (Phi) is 6.38. The Morgan fingerprint density at radius 1 is 1.13 bits per heavy atom. The molecule has 0 saturated carbocycles. The van der Waals surface area contributed by atoms with E-state index >= 15 is 0 Å². The summed E-state index contributed by atoms with van der Waals surface area (Å²) in [5, 5.41) is 4.53. The van der Waals surface area contributed by atoms with Crippen LogP contribution in [0.2, 0.25) is 5.02 Å². The molecule has 1 fully saturated rings. The number of piperidine rings is 1. The minimum Gasteiger partial charge on any atom is -0.451 e. The lowest BCUT2D eigenvalue weighted by Crippen LogP contribution is -2.40. The van der Waals surface area contributed by atoms with Gasteiger partial charge in [-0.25, -0.2) is 0 Å². The van der Waals surface area contributed by atoms with E-state index in [1.807, 2.05) is 59.5 Å². The molecule has 1 aromatic heterocycles. The van der Waals surface area contributed by atoms with Gasteiger partial charge >= 0.3 is 0 Å². The van der Waals surface area contributed by atoms with E-state index < -0.39 is 0 Å². The van der Waals surface area contributed by atoms with E-state index in [0.717, 1.165) is 42.3 Å². The quantitative estimate of drug-likeness (QED) is 0.603. The molecule has 0 bridgehead atoms. The molecule has 0 radical (unpaired) electrons. The van der Waals surface area contributed by atoms with Crippen molar-refractivity contribution in [1.82, 2.24) is 10.2 Å². The van der Waals surface area contributed by atoms with Gasteiger partial charge in [-0.2, -0.15) is 0 Å². The van der Waals surface area contributed by atoms with E-state index in [-0.39, 0.29) is 11.8 Å². The summed E-state index contributed by atoms with van der Waals surface area (Å²) in [4.78, 5) is 27.0. The number of fused-ring (bicyclic) bond motifs is 1. The molecule has 0 aliphatic carbocycles. The molecule has 156 valence electrons. The zero-order valence-corrected chi connectivity index (χ0v) is 17.5. The van der Waals surface area contributed by atoms with Crippen LogP contribution in [0.1, 0.15) is 41.8 Å². The van der Waals surface area contributed by atoms with Gasteiger partial charge in [0.25, 0.3) is 5.91 Å². The van der Waals surface area contributed by atoms with Crippen molar-refractivity contribution in [3.63, 3.8) is 0 Å². The van der Waals surface area contributed by atoms with Gasteiger partial charge in [0.15, 0.2) is 5.76 Å². The molecule has 2 heterocycles. The number of nitrogens with one attached hydrogen (secondary N) is 1. The molecular weight excluding hydrogens is 400 g/mol. The van der Waals surface area contributed by atoms with Gasteiger partial charge in [-0.05, 0) is 48.9 Å². The number of para-hydroxylation sites is 1. The van der Waals surface area contributed by atoms with E-state index in [4.69, 9.17) is 16.0 Å². The minimum atomic E-state index is -0.0703. The summed E-state index contributed by atoms with van der Waals surface area (Å²) in [6.45, 7) is 1.82. The first-order chi connectivity index (χ1) is 14.6. The van der Waals surface area contributed by atoms with Gasteiger partial charge in [-0.15, -0.1) is 0 Å². The fraction of sp³-hybridized carbons (Fsp3) is 0.333. The van der Waals surface area contributed by atoms with Crippen LogP contribution in [0.25, 0.3) is 11.0 Å². The molecule has 2 aromatic carbocycles. The zero-order chi connectivity index (χ0) is 20.9. The first-order valence-corrected chi connectivity index (χ1v) is 10.8. The normalized spacial score (nSPS) is 16.6.